The van der Waals surface area contributed by atoms with E-state index in [2.05, 4.69) is 19.8 Å². The summed E-state index contributed by atoms with van der Waals surface area (Å²) in [5, 5.41) is 1.14. The van der Waals surface area contributed by atoms with E-state index in [4.69, 9.17) is 18.2 Å². The molecule has 0 bridgehead atoms. The third-order valence-electron chi connectivity index (χ3n) is 1.75. The second-order valence-electron chi connectivity index (χ2n) is 2.52. The van der Waals surface area contributed by atoms with Crippen molar-refractivity contribution >= 4 is 22.6 Å². The molecule has 0 unspecified atom stereocenters. The van der Waals surface area contributed by atoms with Crippen molar-refractivity contribution in [2.75, 3.05) is 0 Å². The Labute approximate surface area is 79.4 Å². The number of nitrogens with zero attached hydrogens (tertiary/aromatic N) is 3. The third kappa shape index (κ3) is 1.23. The molecule has 2 aromatic heterocycles. The van der Waals surface area contributed by atoms with Gasteiger partial charge in [-0.25, -0.2) is 16.5 Å². The van der Waals surface area contributed by atoms with Crippen LogP contribution in [0, 0.1) is 6.57 Å². The number of nitrogens with one attached hydrogen (secondary N) is 1. The minimum atomic E-state index is 0.299. The van der Waals surface area contributed by atoms with Gasteiger partial charge >= 0.3 is 0 Å². The van der Waals surface area contributed by atoms with Crippen molar-refractivity contribution in [2.24, 2.45) is 0 Å². The standard InChI is InChI=1S/C8H5ClN4/c1-10-2-5-3-11-8-6(5)7(9)12-4-13-8/h3-4H,2H2,(H,11,12,13). The number of halogens is 1. The maximum atomic E-state index is 6.75. The Morgan fingerprint density at radius 3 is 3.15 bits per heavy atom. The van der Waals surface area contributed by atoms with Gasteiger partial charge in [0.25, 0.3) is 0 Å². The Morgan fingerprint density at radius 2 is 2.38 bits per heavy atom. The van der Waals surface area contributed by atoms with Crippen LogP contribution in [0.4, 0.5) is 0 Å². The Kier molecular flexibility index (Phi) is 1.87. The molecule has 0 fully saturated rings. The summed E-state index contributed by atoms with van der Waals surface area (Å²) in [6.07, 6.45) is 3.13. The second kappa shape index (κ2) is 3.04. The van der Waals surface area contributed by atoms with Crippen LogP contribution in [0.1, 0.15) is 5.56 Å². The predicted molar refractivity (Wildman–Crippen MR) is 49.2 cm³/mol. The number of hydrogen-bond acceptors (Lipinski definition) is 2. The molecule has 4 nitrogen and oxygen atoms in total. The van der Waals surface area contributed by atoms with Crippen LogP contribution in [0.3, 0.4) is 0 Å². The number of rotatable bonds is 1. The summed E-state index contributed by atoms with van der Waals surface area (Å²) >= 11 is 5.87. The van der Waals surface area contributed by atoms with Crippen molar-refractivity contribution in [1.29, 1.82) is 0 Å². The van der Waals surface area contributed by atoms with Crippen molar-refractivity contribution in [3.63, 3.8) is 0 Å². The summed E-state index contributed by atoms with van der Waals surface area (Å²) in [6.45, 7) is 7.05. The number of hydrogen-bond donors (Lipinski definition) is 1. The van der Waals surface area contributed by atoms with Gasteiger partial charge < -0.3 is 9.83 Å². The minimum Gasteiger partial charge on any atom is -0.345 e. The zero-order valence-electron chi connectivity index (χ0n) is 6.58. The van der Waals surface area contributed by atoms with Crippen LogP contribution in [-0.4, -0.2) is 15.0 Å². The Morgan fingerprint density at radius 1 is 1.54 bits per heavy atom. The summed E-state index contributed by atoms with van der Waals surface area (Å²) in [6, 6.07) is 0. The SMILES string of the molecule is [C-]#[N+]Cc1c[nH]c2ncnc(Cl)c12. The van der Waals surface area contributed by atoms with Crippen molar-refractivity contribution in [3.8, 4) is 0 Å². The van der Waals surface area contributed by atoms with Gasteiger partial charge in [0.15, 0.2) is 0 Å². The summed E-state index contributed by atoms with van der Waals surface area (Å²) < 4.78 is 0. The first-order valence-electron chi connectivity index (χ1n) is 3.62. The highest BCUT2D eigenvalue weighted by atomic mass is 35.5. The van der Waals surface area contributed by atoms with Crippen LogP contribution in [0.5, 0.6) is 0 Å². The first kappa shape index (κ1) is 8.02. The Hall–Kier alpha value is -1.60. The predicted octanol–water partition coefficient (Wildman–Crippen LogP) is 2.03. The zero-order chi connectivity index (χ0) is 9.26. The van der Waals surface area contributed by atoms with Crippen LogP contribution >= 0.6 is 11.6 Å². The van der Waals surface area contributed by atoms with Gasteiger partial charge in [0.05, 0.1) is 10.9 Å². The molecule has 0 saturated carbocycles. The lowest BCUT2D eigenvalue weighted by atomic mass is 10.2. The second-order valence-corrected chi connectivity index (χ2v) is 2.88. The van der Waals surface area contributed by atoms with Crippen LogP contribution in [0.25, 0.3) is 15.9 Å². The fraction of sp³-hybridized carbons (Fsp3) is 0.125. The number of aromatic nitrogens is 3. The first-order chi connectivity index (χ1) is 6.33. The van der Waals surface area contributed by atoms with E-state index in [1.807, 2.05) is 0 Å². The van der Waals surface area contributed by atoms with E-state index in [0.717, 1.165) is 10.9 Å². The first-order valence-corrected chi connectivity index (χ1v) is 4.00. The van der Waals surface area contributed by atoms with Crippen molar-refractivity contribution in [3.05, 3.63) is 34.7 Å². The Balaban J connectivity index is 2.73. The molecular formula is C8H5ClN4. The zero-order valence-corrected chi connectivity index (χ0v) is 7.34. The fourth-order valence-electron chi connectivity index (χ4n) is 1.20. The van der Waals surface area contributed by atoms with Crippen molar-refractivity contribution in [2.45, 2.75) is 6.54 Å². The number of H-pyrrole nitrogens is 1. The molecule has 0 atom stereocenters. The Bertz CT molecular complexity index is 482. The van der Waals surface area contributed by atoms with Crippen LogP contribution in [-0.2, 0) is 6.54 Å². The molecule has 1 N–H and O–H groups in total. The molecule has 2 aromatic rings. The third-order valence-corrected chi connectivity index (χ3v) is 2.04. The molecule has 0 spiro atoms. The van der Waals surface area contributed by atoms with Crippen LogP contribution < -0.4 is 0 Å². The van der Waals surface area contributed by atoms with E-state index >= 15 is 0 Å². The molecule has 0 saturated heterocycles. The maximum Gasteiger partial charge on any atom is 0.242 e. The monoisotopic (exact) mass is 192 g/mol. The van der Waals surface area contributed by atoms with E-state index in [0.29, 0.717) is 17.3 Å². The van der Waals surface area contributed by atoms with E-state index in [1.54, 1.807) is 6.20 Å². The van der Waals surface area contributed by atoms with Gasteiger partial charge in [-0.2, -0.15) is 0 Å². The molecule has 2 heterocycles. The van der Waals surface area contributed by atoms with Gasteiger partial charge in [0.2, 0.25) is 6.54 Å². The fourth-order valence-corrected chi connectivity index (χ4v) is 1.45. The normalized spacial score (nSPS) is 10.2. The lowest BCUT2D eigenvalue weighted by molar-refractivity contribution is 1.20. The molecule has 0 amide bonds. The highest BCUT2D eigenvalue weighted by molar-refractivity contribution is 6.34. The smallest absolute Gasteiger partial charge is 0.242 e. The van der Waals surface area contributed by atoms with Crippen molar-refractivity contribution in [1.82, 2.24) is 15.0 Å². The topological polar surface area (TPSA) is 45.9 Å². The van der Waals surface area contributed by atoms with Gasteiger partial charge in [0, 0.05) is 6.20 Å². The average Bonchev–Trinajstić information content (AvgIpc) is 2.51. The number of aromatic amines is 1. The summed E-state index contributed by atoms with van der Waals surface area (Å²) in [7, 11) is 0. The van der Waals surface area contributed by atoms with Gasteiger partial charge in [-0.3, -0.25) is 0 Å². The van der Waals surface area contributed by atoms with E-state index in [1.165, 1.54) is 6.33 Å². The van der Waals surface area contributed by atoms with Gasteiger partial charge in [-0.05, 0) is 0 Å². The molecule has 0 aromatic carbocycles. The molecule has 0 aliphatic heterocycles. The quantitative estimate of drug-likeness (QED) is 0.555. The summed E-state index contributed by atoms with van der Waals surface area (Å²) in [5.41, 5.74) is 1.52. The molecule has 5 heteroatoms. The van der Waals surface area contributed by atoms with Gasteiger partial charge in [0.1, 0.15) is 17.1 Å². The molecule has 0 aliphatic carbocycles. The highest BCUT2D eigenvalue weighted by Crippen LogP contribution is 2.23. The van der Waals surface area contributed by atoms with E-state index in [9.17, 15) is 0 Å². The lowest BCUT2D eigenvalue weighted by Gasteiger charge is -1.91. The van der Waals surface area contributed by atoms with E-state index in [-0.39, 0.29) is 0 Å². The maximum absolute atomic E-state index is 6.75. The summed E-state index contributed by atoms with van der Waals surface area (Å²) in [4.78, 5) is 14.1. The highest BCUT2D eigenvalue weighted by Gasteiger charge is 2.10. The molecular weight excluding hydrogens is 188 g/mol. The molecule has 0 radical (unpaired) electrons. The number of fused-ring (bicyclic) bond motifs is 1. The van der Waals surface area contributed by atoms with Crippen molar-refractivity contribution < 1.29 is 0 Å². The summed E-state index contributed by atoms with van der Waals surface area (Å²) in [5.74, 6) is 0. The van der Waals surface area contributed by atoms with Crippen LogP contribution in [0.15, 0.2) is 12.5 Å². The average molecular weight is 193 g/mol. The molecule has 13 heavy (non-hydrogen) atoms. The minimum absolute atomic E-state index is 0.299. The van der Waals surface area contributed by atoms with Crippen LogP contribution in [0.2, 0.25) is 5.15 Å². The lowest BCUT2D eigenvalue weighted by Crippen LogP contribution is -1.83. The largest absolute Gasteiger partial charge is 0.345 e. The van der Waals surface area contributed by atoms with Gasteiger partial charge in [-0.1, -0.05) is 11.6 Å². The molecule has 0 aliphatic rings. The molecule has 64 valence electrons. The van der Waals surface area contributed by atoms with E-state index < -0.39 is 0 Å². The van der Waals surface area contributed by atoms with Gasteiger partial charge in [-0.15, -0.1) is 0 Å². The molecule has 2 rings (SSSR count).